The number of methoxy groups -OCH3 is 1. The van der Waals surface area contributed by atoms with Crippen molar-refractivity contribution in [2.75, 3.05) is 19.0 Å². The summed E-state index contributed by atoms with van der Waals surface area (Å²) in [7, 11) is 1.52. The van der Waals surface area contributed by atoms with Crippen molar-refractivity contribution in [2.24, 2.45) is 0 Å². The fourth-order valence-electron chi connectivity index (χ4n) is 2.96. The van der Waals surface area contributed by atoms with Gasteiger partial charge in [-0.05, 0) is 79.2 Å². The number of benzene rings is 3. The highest BCUT2D eigenvalue weighted by Crippen LogP contribution is 2.38. The number of hydrogen-bond donors (Lipinski definition) is 1. The first-order valence-electron chi connectivity index (χ1n) is 10.4. The maximum atomic E-state index is 12.6. The molecular formula is C26H20Cl2N2O5. The van der Waals surface area contributed by atoms with E-state index in [0.29, 0.717) is 27.6 Å². The molecule has 35 heavy (non-hydrogen) atoms. The number of carbonyl (C=O) groups excluding carboxylic acids is 2. The summed E-state index contributed by atoms with van der Waals surface area (Å²) in [5.74, 6) is -0.448. The molecule has 0 bridgehead atoms. The second-order valence-electron chi connectivity index (χ2n) is 7.01. The van der Waals surface area contributed by atoms with Crippen LogP contribution >= 0.6 is 23.2 Å². The van der Waals surface area contributed by atoms with Gasteiger partial charge >= 0.3 is 5.97 Å². The first kappa shape index (κ1) is 25.6. The molecule has 3 aromatic carbocycles. The normalized spacial score (nSPS) is 10.8. The van der Waals surface area contributed by atoms with Gasteiger partial charge in [0.25, 0.3) is 5.91 Å². The van der Waals surface area contributed by atoms with E-state index in [-0.39, 0.29) is 28.7 Å². The summed E-state index contributed by atoms with van der Waals surface area (Å²) in [6.07, 6.45) is 1.36. The molecule has 0 unspecified atom stereocenters. The Bertz CT molecular complexity index is 1300. The fourth-order valence-corrected chi connectivity index (χ4v) is 3.34. The molecule has 7 nitrogen and oxygen atoms in total. The molecule has 0 atom stereocenters. The molecule has 1 amide bonds. The van der Waals surface area contributed by atoms with Crippen LogP contribution in [-0.2, 0) is 4.79 Å². The molecule has 0 saturated heterocycles. The van der Waals surface area contributed by atoms with Gasteiger partial charge in [-0.25, -0.2) is 4.79 Å². The average Bonchev–Trinajstić information content (AvgIpc) is 2.86. The van der Waals surface area contributed by atoms with Crippen molar-refractivity contribution in [3.63, 3.8) is 0 Å². The molecule has 1 N–H and O–H groups in total. The molecule has 0 aromatic heterocycles. The molecule has 0 saturated carbocycles. The van der Waals surface area contributed by atoms with Crippen LogP contribution in [0, 0.1) is 11.3 Å². The number of nitrogens with zero attached hydrogens (tertiary/aromatic N) is 1. The number of anilines is 1. The van der Waals surface area contributed by atoms with Crippen molar-refractivity contribution in [1.29, 1.82) is 5.26 Å². The number of carbonyl (C=O) groups is 2. The van der Waals surface area contributed by atoms with Crippen LogP contribution in [0.25, 0.3) is 6.08 Å². The standard InChI is InChI=1S/C26H20Cl2N2O5/c1-3-34-23-14-16(12-18(15-29)25(31)30-20-8-6-19(27)7-9-20)13-22(28)24(23)35-26(32)17-4-10-21(33-2)11-5-17/h4-14H,3H2,1-2H3,(H,30,31)/b18-12+. The molecule has 0 heterocycles. The number of ether oxygens (including phenoxy) is 3. The molecule has 178 valence electrons. The minimum atomic E-state index is -0.640. The van der Waals surface area contributed by atoms with Crippen LogP contribution in [0.5, 0.6) is 17.2 Å². The predicted molar refractivity (Wildman–Crippen MR) is 134 cm³/mol. The number of nitriles is 1. The first-order valence-corrected chi connectivity index (χ1v) is 11.1. The zero-order chi connectivity index (χ0) is 25.4. The Balaban J connectivity index is 1.86. The highest BCUT2D eigenvalue weighted by Gasteiger charge is 2.18. The monoisotopic (exact) mass is 510 g/mol. The van der Waals surface area contributed by atoms with Crippen LogP contribution in [-0.4, -0.2) is 25.6 Å². The summed E-state index contributed by atoms with van der Waals surface area (Å²) >= 11 is 12.3. The van der Waals surface area contributed by atoms with Crippen molar-refractivity contribution >= 4 is 46.8 Å². The topological polar surface area (TPSA) is 97.6 Å². The van der Waals surface area contributed by atoms with Gasteiger partial charge in [-0.15, -0.1) is 0 Å². The van der Waals surface area contributed by atoms with Gasteiger partial charge in [-0.3, -0.25) is 4.79 Å². The van der Waals surface area contributed by atoms with Crippen LogP contribution in [0.1, 0.15) is 22.8 Å². The Kier molecular flexibility index (Phi) is 8.74. The third-order valence-corrected chi connectivity index (χ3v) is 5.16. The maximum absolute atomic E-state index is 12.6. The van der Waals surface area contributed by atoms with E-state index in [0.717, 1.165) is 0 Å². The summed E-state index contributed by atoms with van der Waals surface area (Å²) < 4.78 is 16.2. The Morgan fingerprint density at radius 1 is 1.06 bits per heavy atom. The average molecular weight is 511 g/mol. The second-order valence-corrected chi connectivity index (χ2v) is 7.86. The molecule has 0 spiro atoms. The van der Waals surface area contributed by atoms with Crippen molar-refractivity contribution in [3.8, 4) is 23.3 Å². The van der Waals surface area contributed by atoms with E-state index in [1.165, 1.54) is 25.3 Å². The smallest absolute Gasteiger partial charge is 0.343 e. The highest BCUT2D eigenvalue weighted by atomic mass is 35.5. The fraction of sp³-hybridized carbons (Fsp3) is 0.115. The van der Waals surface area contributed by atoms with Crippen molar-refractivity contribution in [2.45, 2.75) is 6.92 Å². The molecule has 0 aliphatic rings. The maximum Gasteiger partial charge on any atom is 0.343 e. The minimum Gasteiger partial charge on any atom is -0.497 e. The van der Waals surface area contributed by atoms with E-state index in [1.807, 2.05) is 6.07 Å². The Hall–Kier alpha value is -3.99. The van der Waals surface area contributed by atoms with Crippen LogP contribution < -0.4 is 19.5 Å². The first-order chi connectivity index (χ1) is 16.8. The van der Waals surface area contributed by atoms with Gasteiger partial charge in [-0.2, -0.15) is 5.26 Å². The van der Waals surface area contributed by atoms with Crippen LogP contribution in [0.2, 0.25) is 10.0 Å². The molecular weight excluding hydrogens is 491 g/mol. The van der Waals surface area contributed by atoms with Crippen LogP contribution in [0.3, 0.4) is 0 Å². The van der Waals surface area contributed by atoms with Gasteiger partial charge in [0, 0.05) is 10.7 Å². The lowest BCUT2D eigenvalue weighted by molar-refractivity contribution is -0.112. The molecule has 0 radical (unpaired) electrons. The van der Waals surface area contributed by atoms with Gasteiger partial charge < -0.3 is 19.5 Å². The number of hydrogen-bond acceptors (Lipinski definition) is 6. The number of amides is 1. The Morgan fingerprint density at radius 3 is 2.34 bits per heavy atom. The third kappa shape index (κ3) is 6.76. The van der Waals surface area contributed by atoms with Gasteiger partial charge in [0.15, 0.2) is 11.5 Å². The predicted octanol–water partition coefficient (Wildman–Crippen LogP) is 6.17. The lowest BCUT2D eigenvalue weighted by Gasteiger charge is -2.14. The molecule has 0 aliphatic heterocycles. The van der Waals surface area contributed by atoms with Gasteiger partial charge in [0.2, 0.25) is 0 Å². The number of esters is 1. The van der Waals surface area contributed by atoms with Crippen LogP contribution in [0.15, 0.2) is 66.2 Å². The largest absolute Gasteiger partial charge is 0.497 e. The van der Waals surface area contributed by atoms with E-state index in [9.17, 15) is 14.9 Å². The SMILES string of the molecule is CCOc1cc(/C=C(\C#N)C(=O)Nc2ccc(Cl)cc2)cc(Cl)c1OC(=O)c1ccc(OC)cc1. The summed E-state index contributed by atoms with van der Waals surface area (Å²) in [5, 5.41) is 12.7. The zero-order valence-electron chi connectivity index (χ0n) is 18.8. The van der Waals surface area contributed by atoms with Crippen LogP contribution in [0.4, 0.5) is 5.69 Å². The summed E-state index contributed by atoms with van der Waals surface area (Å²) in [6, 6.07) is 17.7. The molecule has 0 aliphatic carbocycles. The van der Waals surface area contributed by atoms with Crippen molar-refractivity contribution in [3.05, 3.63) is 87.4 Å². The second kappa shape index (κ2) is 11.9. The van der Waals surface area contributed by atoms with E-state index in [1.54, 1.807) is 55.5 Å². The van der Waals surface area contributed by atoms with E-state index in [4.69, 9.17) is 37.4 Å². The van der Waals surface area contributed by atoms with Gasteiger partial charge in [0.1, 0.15) is 17.4 Å². The Labute approximate surface area is 212 Å². The lowest BCUT2D eigenvalue weighted by Crippen LogP contribution is -2.13. The molecule has 3 aromatic rings. The Morgan fingerprint density at radius 2 is 1.74 bits per heavy atom. The zero-order valence-corrected chi connectivity index (χ0v) is 20.3. The van der Waals surface area contributed by atoms with Gasteiger partial charge in [0.05, 0.1) is 24.3 Å². The summed E-state index contributed by atoms with van der Waals surface area (Å²) in [6.45, 7) is 2.02. The van der Waals surface area contributed by atoms with Crippen molar-refractivity contribution < 1.29 is 23.8 Å². The molecule has 3 rings (SSSR count). The quantitative estimate of drug-likeness (QED) is 0.168. The van der Waals surface area contributed by atoms with E-state index < -0.39 is 11.9 Å². The lowest BCUT2D eigenvalue weighted by atomic mass is 10.1. The van der Waals surface area contributed by atoms with E-state index >= 15 is 0 Å². The summed E-state index contributed by atoms with van der Waals surface area (Å²) in [5.41, 5.74) is 1.01. The molecule has 9 heteroatoms. The minimum absolute atomic E-state index is 0.0237. The highest BCUT2D eigenvalue weighted by molar-refractivity contribution is 6.32. The molecule has 0 fully saturated rings. The van der Waals surface area contributed by atoms with Crippen molar-refractivity contribution in [1.82, 2.24) is 0 Å². The number of rotatable bonds is 8. The number of halogens is 2. The van der Waals surface area contributed by atoms with E-state index in [2.05, 4.69) is 5.32 Å². The third-order valence-electron chi connectivity index (χ3n) is 4.63. The van der Waals surface area contributed by atoms with Gasteiger partial charge in [-0.1, -0.05) is 23.2 Å². The number of nitrogens with one attached hydrogen (secondary N) is 1. The summed E-state index contributed by atoms with van der Waals surface area (Å²) in [4.78, 5) is 25.2.